The molecule has 1 spiro atoms. The van der Waals surface area contributed by atoms with E-state index in [-0.39, 0.29) is 17.4 Å². The predicted molar refractivity (Wildman–Crippen MR) is 113 cm³/mol. The smallest absolute Gasteiger partial charge is 0.223 e. The van der Waals surface area contributed by atoms with Crippen LogP contribution in [0, 0.1) is 5.92 Å². The normalized spacial score (nSPS) is 22.7. The number of fused-ring (bicyclic) bond motifs is 1. The summed E-state index contributed by atoms with van der Waals surface area (Å²) in [5.74, 6) is 2.28. The third-order valence-electron chi connectivity index (χ3n) is 7.03. The summed E-state index contributed by atoms with van der Waals surface area (Å²) < 4.78 is 6.54. The fraction of sp³-hybridized carbons (Fsp3) is 0.667. The van der Waals surface area contributed by atoms with Crippen molar-refractivity contribution in [1.82, 2.24) is 9.80 Å². The maximum atomic E-state index is 12.8. The second-order valence-electron chi connectivity index (χ2n) is 9.02. The van der Waals surface area contributed by atoms with Crippen molar-refractivity contribution in [3.63, 3.8) is 0 Å². The second-order valence-corrected chi connectivity index (χ2v) is 9.02. The number of nitrogens with zero attached hydrogens (tertiary/aromatic N) is 2. The zero-order valence-electron chi connectivity index (χ0n) is 17.9. The van der Waals surface area contributed by atoms with Gasteiger partial charge in [-0.1, -0.05) is 18.2 Å². The van der Waals surface area contributed by atoms with Crippen molar-refractivity contribution in [3.8, 4) is 5.75 Å². The summed E-state index contributed by atoms with van der Waals surface area (Å²) in [6, 6.07) is 8.19. The van der Waals surface area contributed by atoms with E-state index >= 15 is 0 Å². The van der Waals surface area contributed by atoms with Crippen LogP contribution < -0.4 is 4.74 Å². The Morgan fingerprint density at radius 1 is 1.10 bits per heavy atom. The molecule has 4 rings (SSSR count). The molecule has 3 aliphatic rings. The van der Waals surface area contributed by atoms with Gasteiger partial charge in [-0.3, -0.25) is 9.59 Å². The van der Waals surface area contributed by atoms with E-state index in [0.717, 1.165) is 63.2 Å². The van der Waals surface area contributed by atoms with Crippen LogP contribution in [0.2, 0.25) is 0 Å². The molecule has 1 saturated heterocycles. The molecule has 158 valence electrons. The number of ether oxygens (including phenoxy) is 1. The van der Waals surface area contributed by atoms with Gasteiger partial charge in [-0.25, -0.2) is 0 Å². The summed E-state index contributed by atoms with van der Waals surface area (Å²) in [6.07, 6.45) is 6.26. The molecule has 1 unspecified atom stereocenters. The molecule has 0 aromatic heterocycles. The van der Waals surface area contributed by atoms with Crippen molar-refractivity contribution in [2.45, 2.75) is 70.3 Å². The average Bonchev–Trinajstić information content (AvgIpc) is 3.53. The topological polar surface area (TPSA) is 49.9 Å². The van der Waals surface area contributed by atoms with Crippen LogP contribution in [-0.2, 0) is 9.59 Å². The van der Waals surface area contributed by atoms with Gasteiger partial charge in [0.2, 0.25) is 11.8 Å². The quantitative estimate of drug-likeness (QED) is 0.728. The van der Waals surface area contributed by atoms with Gasteiger partial charge in [-0.2, -0.15) is 0 Å². The molecule has 1 saturated carbocycles. The summed E-state index contributed by atoms with van der Waals surface area (Å²) in [7, 11) is 0. The highest BCUT2D eigenvalue weighted by atomic mass is 16.5. The van der Waals surface area contributed by atoms with Gasteiger partial charge in [-0.15, -0.1) is 0 Å². The molecular formula is C24H34N2O3. The Kier molecular flexibility index (Phi) is 5.84. The molecule has 2 fully saturated rings. The molecule has 0 bridgehead atoms. The lowest BCUT2D eigenvalue weighted by molar-refractivity contribution is -0.135. The number of hydrogen-bond acceptors (Lipinski definition) is 3. The molecular weight excluding hydrogens is 364 g/mol. The van der Waals surface area contributed by atoms with Gasteiger partial charge in [0.15, 0.2) is 0 Å². The number of carbonyl (C=O) groups is 2. The van der Waals surface area contributed by atoms with Crippen LogP contribution in [0.4, 0.5) is 0 Å². The Morgan fingerprint density at radius 3 is 2.45 bits per heavy atom. The fourth-order valence-electron chi connectivity index (χ4n) is 5.01. The second kappa shape index (κ2) is 8.37. The molecule has 0 N–H and O–H groups in total. The van der Waals surface area contributed by atoms with E-state index in [2.05, 4.69) is 6.07 Å². The standard InChI is InChI=1S/C24H34N2O3/c1-3-25(4-2)23(28)16-19-17-24(29-21-8-6-5-7-20(19)21)11-13-26(14-12-24)22(27)15-18-9-10-18/h5-8,18-19H,3-4,9-17H2,1-2H3. The Bertz CT molecular complexity index is 746. The molecule has 1 aromatic carbocycles. The molecule has 5 nitrogen and oxygen atoms in total. The zero-order valence-corrected chi connectivity index (χ0v) is 17.9. The molecule has 5 heteroatoms. The third kappa shape index (κ3) is 4.44. The number of rotatable bonds is 6. The lowest BCUT2D eigenvalue weighted by Crippen LogP contribution is -2.52. The molecule has 2 heterocycles. The molecule has 1 aromatic rings. The summed E-state index contributed by atoms with van der Waals surface area (Å²) in [4.78, 5) is 29.3. The molecule has 2 amide bonds. The first-order valence-corrected chi connectivity index (χ1v) is 11.4. The Hall–Kier alpha value is -2.04. The minimum absolute atomic E-state index is 0.182. The summed E-state index contributed by atoms with van der Waals surface area (Å²) in [6.45, 7) is 7.12. The number of hydrogen-bond donors (Lipinski definition) is 0. The SMILES string of the molecule is CCN(CC)C(=O)CC1CC2(CCN(C(=O)CC3CC3)CC2)Oc2ccccc21. The highest BCUT2D eigenvalue weighted by Gasteiger charge is 2.44. The van der Waals surface area contributed by atoms with Crippen molar-refractivity contribution < 1.29 is 14.3 Å². The highest BCUT2D eigenvalue weighted by Crippen LogP contribution is 2.47. The monoisotopic (exact) mass is 398 g/mol. The van der Waals surface area contributed by atoms with Crippen LogP contribution in [0.1, 0.15) is 70.3 Å². The maximum absolute atomic E-state index is 12.8. The van der Waals surface area contributed by atoms with Gasteiger partial charge >= 0.3 is 0 Å². The first kappa shape index (κ1) is 20.2. The lowest BCUT2D eigenvalue weighted by Gasteiger charge is -2.47. The first-order chi connectivity index (χ1) is 14.0. The number of amides is 2. The van der Waals surface area contributed by atoms with Crippen molar-refractivity contribution in [2.24, 2.45) is 5.92 Å². The van der Waals surface area contributed by atoms with Gasteiger partial charge < -0.3 is 14.5 Å². The van der Waals surface area contributed by atoms with Crippen LogP contribution in [0.25, 0.3) is 0 Å². The van der Waals surface area contributed by atoms with Gasteiger partial charge in [0.25, 0.3) is 0 Å². The van der Waals surface area contributed by atoms with Gasteiger partial charge in [-0.05, 0) is 50.7 Å². The Morgan fingerprint density at radius 2 is 1.79 bits per heavy atom. The van der Waals surface area contributed by atoms with Crippen molar-refractivity contribution >= 4 is 11.8 Å². The van der Waals surface area contributed by atoms with E-state index in [9.17, 15) is 9.59 Å². The highest BCUT2D eigenvalue weighted by molar-refractivity contribution is 5.77. The summed E-state index contributed by atoms with van der Waals surface area (Å²) in [5.41, 5.74) is 0.907. The molecule has 1 aliphatic carbocycles. The van der Waals surface area contributed by atoms with Gasteiger partial charge in [0.05, 0.1) is 0 Å². The van der Waals surface area contributed by atoms with Crippen LogP contribution in [0.5, 0.6) is 5.75 Å². The lowest BCUT2D eigenvalue weighted by atomic mass is 9.76. The van der Waals surface area contributed by atoms with Crippen LogP contribution >= 0.6 is 0 Å². The van der Waals surface area contributed by atoms with Gasteiger partial charge in [0, 0.05) is 57.8 Å². The average molecular weight is 399 g/mol. The van der Waals surface area contributed by atoms with E-state index < -0.39 is 0 Å². The summed E-state index contributed by atoms with van der Waals surface area (Å²) >= 11 is 0. The predicted octanol–water partition coefficient (Wildman–Crippen LogP) is 3.97. The number of piperidine rings is 1. The van der Waals surface area contributed by atoms with E-state index in [1.165, 1.54) is 12.8 Å². The fourth-order valence-corrected chi connectivity index (χ4v) is 5.01. The third-order valence-corrected chi connectivity index (χ3v) is 7.03. The van der Waals surface area contributed by atoms with E-state index in [1.54, 1.807) is 0 Å². The van der Waals surface area contributed by atoms with Crippen molar-refractivity contribution in [1.29, 1.82) is 0 Å². The van der Waals surface area contributed by atoms with Gasteiger partial charge in [0.1, 0.15) is 11.4 Å². The zero-order chi connectivity index (χ0) is 20.4. The number of likely N-dealkylation sites (tertiary alicyclic amines) is 1. The van der Waals surface area contributed by atoms with Crippen molar-refractivity contribution in [3.05, 3.63) is 29.8 Å². The number of para-hydroxylation sites is 1. The molecule has 1 atom stereocenters. The van der Waals surface area contributed by atoms with E-state index in [4.69, 9.17) is 4.74 Å². The maximum Gasteiger partial charge on any atom is 0.223 e. The minimum atomic E-state index is -0.251. The molecule has 2 aliphatic heterocycles. The van der Waals surface area contributed by atoms with Crippen LogP contribution in [0.15, 0.2) is 24.3 Å². The minimum Gasteiger partial charge on any atom is -0.487 e. The van der Waals surface area contributed by atoms with E-state index in [0.29, 0.717) is 18.2 Å². The molecule has 0 radical (unpaired) electrons. The van der Waals surface area contributed by atoms with Crippen LogP contribution in [0.3, 0.4) is 0 Å². The number of benzene rings is 1. The van der Waals surface area contributed by atoms with Crippen LogP contribution in [-0.4, -0.2) is 53.4 Å². The Labute approximate surface area is 174 Å². The Balaban J connectivity index is 1.46. The van der Waals surface area contributed by atoms with E-state index in [1.807, 2.05) is 41.8 Å². The van der Waals surface area contributed by atoms with Crippen molar-refractivity contribution in [2.75, 3.05) is 26.2 Å². The largest absolute Gasteiger partial charge is 0.487 e. The molecule has 29 heavy (non-hydrogen) atoms. The summed E-state index contributed by atoms with van der Waals surface area (Å²) in [5, 5.41) is 0. The number of carbonyl (C=O) groups excluding carboxylic acids is 2. The first-order valence-electron chi connectivity index (χ1n) is 11.4.